The van der Waals surface area contributed by atoms with Gasteiger partial charge in [-0.2, -0.15) is 0 Å². The van der Waals surface area contributed by atoms with Crippen molar-refractivity contribution >= 4 is 32.7 Å². The van der Waals surface area contributed by atoms with E-state index in [-0.39, 0.29) is 18.0 Å². The molecule has 4 heterocycles. The number of aromatic nitrogens is 1. The first-order chi connectivity index (χ1) is 21.6. The third-order valence-electron chi connectivity index (χ3n) is 11.7. The van der Waals surface area contributed by atoms with Gasteiger partial charge in [-0.25, -0.2) is 13.1 Å². The molecule has 2 bridgehead atoms. The minimum atomic E-state index is -3.78. The van der Waals surface area contributed by atoms with Gasteiger partial charge in [-0.15, -0.1) is 0 Å². The second-order valence-corrected chi connectivity index (χ2v) is 17.0. The number of rotatable bonds is 5. The lowest BCUT2D eigenvalue weighted by molar-refractivity contribution is -0.143. The van der Waals surface area contributed by atoms with Crippen LogP contribution in [-0.2, 0) is 21.4 Å². The number of benzene rings is 2. The second-order valence-electron chi connectivity index (χ2n) is 14.8. The van der Waals surface area contributed by atoms with Gasteiger partial charge in [0.1, 0.15) is 0 Å². The Morgan fingerprint density at radius 3 is 2.38 bits per heavy atom. The third kappa shape index (κ3) is 4.51. The molecule has 1 N–H and O–H groups in total. The smallest absolute Gasteiger partial charge is 0.264 e. The van der Waals surface area contributed by atoms with Crippen molar-refractivity contribution in [3.63, 3.8) is 0 Å². The molecule has 8 nitrogen and oxygen atoms in total. The van der Waals surface area contributed by atoms with Crippen molar-refractivity contribution in [1.82, 2.24) is 19.1 Å². The van der Waals surface area contributed by atoms with Crippen molar-refractivity contribution in [2.75, 3.05) is 20.1 Å². The number of piperazine rings is 1. The van der Waals surface area contributed by atoms with Crippen LogP contribution in [0.4, 0.5) is 0 Å². The maximum absolute atomic E-state index is 14.9. The number of fused-ring (bicyclic) bond motifs is 9. The van der Waals surface area contributed by atoms with Crippen LogP contribution < -0.4 is 4.72 Å². The van der Waals surface area contributed by atoms with Gasteiger partial charge in [0.2, 0.25) is 15.9 Å². The summed E-state index contributed by atoms with van der Waals surface area (Å²) in [5, 5.41) is 0.406. The largest absolute Gasteiger partial charge is 0.339 e. The molecule has 4 atom stereocenters. The number of nitrogens with zero attached hydrogens (tertiary/aromatic N) is 3. The minimum Gasteiger partial charge on any atom is -0.339 e. The summed E-state index contributed by atoms with van der Waals surface area (Å²) in [6.07, 6.45) is 8.87. The molecule has 2 saturated carbocycles. The summed E-state index contributed by atoms with van der Waals surface area (Å²) >= 11 is 0. The fourth-order valence-electron chi connectivity index (χ4n) is 9.28. The summed E-state index contributed by atoms with van der Waals surface area (Å²) in [4.78, 5) is 32.8. The maximum Gasteiger partial charge on any atom is 0.264 e. The van der Waals surface area contributed by atoms with Gasteiger partial charge in [0.15, 0.2) is 0 Å². The zero-order chi connectivity index (χ0) is 31.2. The van der Waals surface area contributed by atoms with Crippen LogP contribution in [0.25, 0.3) is 22.2 Å². The summed E-state index contributed by atoms with van der Waals surface area (Å²) < 4.78 is 29.9. The minimum absolute atomic E-state index is 0.164. The van der Waals surface area contributed by atoms with Crippen molar-refractivity contribution in [3.8, 4) is 11.3 Å². The Morgan fingerprint density at radius 1 is 0.956 bits per heavy atom. The van der Waals surface area contributed by atoms with E-state index in [4.69, 9.17) is 0 Å². The standard InChI is InChI=1S/C36H44N4O4S/c1-22(2)45(43,44)37-34(41)24-13-16-29-31(17-24)39-21-36(35(42)40-25-14-15-26(40)20-38(3)19-25)18-30(36)27-11-7-8-12-28(27)33(39)32(29)23-9-5-4-6-10-23/h7-8,11-13,16-17,22-23,25-26,30H,4-6,9-10,14-15,18-21H2,1-3H3,(H,37,41)/t25?,26?,30-,36-/m0/s1. The molecular weight excluding hydrogens is 584 g/mol. The highest BCUT2D eigenvalue weighted by Gasteiger charge is 2.65. The molecule has 2 unspecified atom stereocenters. The SMILES string of the molecule is CC(C)S(=O)(=O)NC(=O)c1ccc2c(C3CCCCC3)c3n(c2c1)C[C@@]1(C(=O)N2C4CCC2CN(C)C4)C[C@H]1c1ccccc1-3. The summed E-state index contributed by atoms with van der Waals surface area (Å²) in [7, 11) is -1.61. The maximum atomic E-state index is 14.9. The Balaban J connectivity index is 1.30. The van der Waals surface area contributed by atoms with Gasteiger partial charge >= 0.3 is 0 Å². The number of sulfonamides is 1. The zero-order valence-corrected chi connectivity index (χ0v) is 27.4. The van der Waals surface area contributed by atoms with Crippen molar-refractivity contribution in [2.45, 2.75) is 101 Å². The third-order valence-corrected chi connectivity index (χ3v) is 13.4. The van der Waals surface area contributed by atoms with Gasteiger partial charge in [0.25, 0.3) is 5.91 Å². The monoisotopic (exact) mass is 628 g/mol. The first-order valence-electron chi connectivity index (χ1n) is 16.9. The lowest BCUT2D eigenvalue weighted by Gasteiger charge is -2.41. The number of likely N-dealkylation sites (tertiary alicyclic amines) is 1. The Kier molecular flexibility index (Phi) is 6.77. The lowest BCUT2D eigenvalue weighted by atomic mass is 9.81. The summed E-state index contributed by atoms with van der Waals surface area (Å²) in [6.45, 7) is 5.57. The molecule has 8 rings (SSSR count). The van der Waals surface area contributed by atoms with E-state index in [1.807, 2.05) is 12.1 Å². The Morgan fingerprint density at radius 2 is 1.67 bits per heavy atom. The molecule has 2 aromatic carbocycles. The van der Waals surface area contributed by atoms with Crippen LogP contribution in [0, 0.1) is 5.41 Å². The van der Waals surface area contributed by atoms with Crippen LogP contribution >= 0.6 is 0 Å². The Bertz CT molecular complexity index is 1810. The van der Waals surface area contributed by atoms with Crippen molar-refractivity contribution < 1.29 is 18.0 Å². The van der Waals surface area contributed by atoms with E-state index in [1.54, 1.807) is 19.9 Å². The number of nitrogens with one attached hydrogen (secondary N) is 1. The molecule has 0 radical (unpaired) electrons. The topological polar surface area (TPSA) is 91.7 Å². The molecule has 4 fully saturated rings. The summed E-state index contributed by atoms with van der Waals surface area (Å²) in [6, 6.07) is 14.9. The average molecular weight is 629 g/mol. The highest BCUT2D eigenvalue weighted by molar-refractivity contribution is 7.90. The normalized spacial score (nSPS) is 28.0. The van der Waals surface area contributed by atoms with Crippen LogP contribution in [0.3, 0.4) is 0 Å². The van der Waals surface area contributed by atoms with E-state index in [2.05, 4.69) is 50.4 Å². The molecule has 2 saturated heterocycles. The molecule has 3 aromatic rings. The number of carbonyl (C=O) groups is 2. The predicted octanol–water partition coefficient (Wildman–Crippen LogP) is 5.62. The summed E-state index contributed by atoms with van der Waals surface area (Å²) in [5.41, 5.74) is 5.74. The van der Waals surface area contributed by atoms with Crippen LogP contribution in [0.2, 0.25) is 0 Å². The number of likely N-dealkylation sites (N-methyl/N-ethyl adjacent to an activating group) is 1. The predicted molar refractivity (Wildman–Crippen MR) is 176 cm³/mol. The fourth-order valence-corrected chi connectivity index (χ4v) is 9.89. The molecule has 45 heavy (non-hydrogen) atoms. The van der Waals surface area contributed by atoms with Gasteiger partial charge in [0, 0.05) is 59.7 Å². The van der Waals surface area contributed by atoms with E-state index in [9.17, 15) is 18.0 Å². The molecule has 0 spiro atoms. The number of hydrogen-bond acceptors (Lipinski definition) is 5. The van der Waals surface area contributed by atoms with Crippen LogP contribution in [0.15, 0.2) is 42.5 Å². The fraction of sp³-hybridized carbons (Fsp3) is 0.556. The van der Waals surface area contributed by atoms with Gasteiger partial charge < -0.3 is 14.4 Å². The molecule has 2 amide bonds. The first-order valence-corrected chi connectivity index (χ1v) is 18.5. The highest BCUT2D eigenvalue weighted by Crippen LogP contribution is 2.66. The van der Waals surface area contributed by atoms with E-state index in [1.165, 1.54) is 41.6 Å². The van der Waals surface area contributed by atoms with Gasteiger partial charge in [0.05, 0.1) is 16.4 Å². The van der Waals surface area contributed by atoms with Crippen molar-refractivity contribution in [3.05, 3.63) is 59.2 Å². The lowest BCUT2D eigenvalue weighted by Crippen LogP contribution is -2.57. The van der Waals surface area contributed by atoms with E-state index in [0.717, 1.165) is 56.1 Å². The van der Waals surface area contributed by atoms with E-state index >= 15 is 0 Å². The van der Waals surface area contributed by atoms with Crippen LogP contribution in [-0.4, -0.2) is 72.1 Å². The second kappa shape index (κ2) is 10.4. The number of carbonyl (C=O) groups excluding carboxylic acids is 2. The molecule has 238 valence electrons. The van der Waals surface area contributed by atoms with Gasteiger partial charge in [-0.1, -0.05) is 49.6 Å². The first kappa shape index (κ1) is 29.2. The van der Waals surface area contributed by atoms with E-state index < -0.39 is 26.6 Å². The Hall–Kier alpha value is -3.17. The number of hydrogen-bond donors (Lipinski definition) is 1. The van der Waals surface area contributed by atoms with Crippen molar-refractivity contribution in [1.29, 1.82) is 0 Å². The molecule has 3 aliphatic heterocycles. The molecular formula is C36H44N4O4S. The quantitative estimate of drug-likeness (QED) is 0.396. The Labute approximate surface area is 266 Å². The number of amides is 2. The highest BCUT2D eigenvalue weighted by atomic mass is 32.2. The van der Waals surface area contributed by atoms with E-state index in [0.29, 0.717) is 23.9 Å². The van der Waals surface area contributed by atoms with Crippen LogP contribution in [0.1, 0.15) is 98.5 Å². The zero-order valence-electron chi connectivity index (χ0n) is 26.6. The van der Waals surface area contributed by atoms with Crippen LogP contribution in [0.5, 0.6) is 0 Å². The molecule has 1 aromatic heterocycles. The molecule has 5 aliphatic rings. The van der Waals surface area contributed by atoms with Crippen molar-refractivity contribution in [2.24, 2.45) is 5.41 Å². The molecule has 9 heteroatoms. The summed E-state index contributed by atoms with van der Waals surface area (Å²) in [5.74, 6) is 0.255. The van der Waals surface area contributed by atoms with Gasteiger partial charge in [-0.3, -0.25) is 9.59 Å². The molecule has 2 aliphatic carbocycles. The average Bonchev–Trinajstić information content (AvgIpc) is 3.61. The van der Waals surface area contributed by atoms with Gasteiger partial charge in [-0.05, 0) is 82.2 Å².